The molecule has 0 aliphatic heterocycles. The Labute approximate surface area is 99.5 Å². The second-order valence-corrected chi connectivity index (χ2v) is 3.52. The number of rotatable bonds is 3. The molecule has 1 N–H and O–H groups in total. The summed E-state index contributed by atoms with van der Waals surface area (Å²) in [6.45, 7) is 6.85. The first-order valence-corrected chi connectivity index (χ1v) is 5.11. The molecule has 0 unspecified atom stereocenters. The average molecular weight is 222 g/mol. The smallest absolute Gasteiger partial charge is 0.187 e. The van der Waals surface area contributed by atoms with Gasteiger partial charge in [-0.05, 0) is 36.4 Å². The molecule has 0 aliphatic carbocycles. The van der Waals surface area contributed by atoms with E-state index in [1.807, 2.05) is 24.3 Å². The molecular formula is C14H10N2O. The topological polar surface area (TPSA) is 33.5 Å². The molecule has 3 nitrogen and oxygen atoms in total. The molecule has 0 amide bonds. The third-order valence-electron chi connectivity index (χ3n) is 2.33. The first-order valence-electron chi connectivity index (χ1n) is 5.11. The monoisotopic (exact) mass is 222 g/mol. The molecule has 2 aromatic carbocycles. The summed E-state index contributed by atoms with van der Waals surface area (Å²) in [5, 5.41) is 3.19. The van der Waals surface area contributed by atoms with E-state index in [4.69, 9.17) is 6.57 Å². The number of nitrogens with zero attached hydrogens (tertiary/aromatic N) is 1. The van der Waals surface area contributed by atoms with Crippen molar-refractivity contribution in [3.63, 3.8) is 0 Å². The number of anilines is 2. The Morgan fingerprint density at radius 3 is 1.94 bits per heavy atom. The van der Waals surface area contributed by atoms with E-state index in [-0.39, 0.29) is 0 Å². The number of carbonyl (C=O) groups excluding carboxylic acids is 1. The highest BCUT2D eigenvalue weighted by molar-refractivity contribution is 5.76. The molecule has 2 rings (SSSR count). The Hall–Kier alpha value is -2.60. The van der Waals surface area contributed by atoms with Gasteiger partial charge in [-0.25, -0.2) is 4.85 Å². The minimum Gasteiger partial charge on any atom is -0.356 e. The number of carbonyl (C=O) groups is 1. The van der Waals surface area contributed by atoms with Gasteiger partial charge in [0.05, 0.1) is 6.57 Å². The molecule has 0 radical (unpaired) electrons. The second-order valence-electron chi connectivity index (χ2n) is 3.52. The van der Waals surface area contributed by atoms with Crippen molar-refractivity contribution in [2.75, 3.05) is 5.32 Å². The Bertz CT molecular complexity index is 550. The van der Waals surface area contributed by atoms with Crippen molar-refractivity contribution >= 4 is 23.3 Å². The second kappa shape index (κ2) is 4.95. The number of hydrogen-bond donors (Lipinski definition) is 1. The van der Waals surface area contributed by atoms with Gasteiger partial charge in [0, 0.05) is 16.9 Å². The average Bonchev–Trinajstić information content (AvgIpc) is 2.40. The largest absolute Gasteiger partial charge is 0.356 e. The van der Waals surface area contributed by atoms with Crippen LogP contribution >= 0.6 is 0 Å². The van der Waals surface area contributed by atoms with Crippen LogP contribution < -0.4 is 5.32 Å². The zero-order valence-corrected chi connectivity index (χ0v) is 9.05. The Kier molecular flexibility index (Phi) is 3.18. The van der Waals surface area contributed by atoms with Crippen molar-refractivity contribution in [3.8, 4) is 0 Å². The fourth-order valence-corrected chi connectivity index (χ4v) is 1.43. The highest BCUT2D eigenvalue weighted by Crippen LogP contribution is 2.20. The molecule has 0 atom stereocenters. The van der Waals surface area contributed by atoms with Crippen LogP contribution in [-0.2, 0) is 0 Å². The fourth-order valence-electron chi connectivity index (χ4n) is 1.43. The van der Waals surface area contributed by atoms with Gasteiger partial charge in [0.15, 0.2) is 5.69 Å². The summed E-state index contributed by atoms with van der Waals surface area (Å²) in [5.41, 5.74) is 3.09. The van der Waals surface area contributed by atoms with Gasteiger partial charge in [-0.15, -0.1) is 0 Å². The van der Waals surface area contributed by atoms with Crippen LogP contribution in [-0.4, -0.2) is 6.29 Å². The van der Waals surface area contributed by atoms with Crippen LogP contribution in [0.4, 0.5) is 17.1 Å². The molecule has 0 bridgehead atoms. The van der Waals surface area contributed by atoms with E-state index in [0.29, 0.717) is 11.3 Å². The number of nitrogens with one attached hydrogen (secondary N) is 1. The molecule has 0 aliphatic rings. The van der Waals surface area contributed by atoms with E-state index in [1.54, 1.807) is 24.3 Å². The molecular weight excluding hydrogens is 212 g/mol. The number of aldehydes is 1. The van der Waals surface area contributed by atoms with Crippen molar-refractivity contribution < 1.29 is 4.79 Å². The minimum atomic E-state index is 0.617. The van der Waals surface area contributed by atoms with Gasteiger partial charge in [-0.2, -0.15) is 0 Å². The Balaban J connectivity index is 2.14. The van der Waals surface area contributed by atoms with Crippen LogP contribution in [0.2, 0.25) is 0 Å². The lowest BCUT2D eigenvalue weighted by molar-refractivity contribution is 0.112. The molecule has 17 heavy (non-hydrogen) atoms. The zero-order valence-electron chi connectivity index (χ0n) is 9.05. The predicted octanol–water partition coefficient (Wildman–Crippen LogP) is 3.79. The van der Waals surface area contributed by atoms with Crippen LogP contribution in [0.3, 0.4) is 0 Å². The number of hydrogen-bond acceptors (Lipinski definition) is 2. The van der Waals surface area contributed by atoms with E-state index in [1.165, 1.54) is 0 Å². The van der Waals surface area contributed by atoms with Crippen molar-refractivity contribution in [2.45, 2.75) is 0 Å². The van der Waals surface area contributed by atoms with Gasteiger partial charge in [0.1, 0.15) is 6.29 Å². The lowest BCUT2D eigenvalue weighted by Crippen LogP contribution is -1.89. The third kappa shape index (κ3) is 2.70. The summed E-state index contributed by atoms with van der Waals surface area (Å²) in [4.78, 5) is 13.8. The lowest BCUT2D eigenvalue weighted by Gasteiger charge is -2.06. The van der Waals surface area contributed by atoms with E-state index < -0.39 is 0 Å². The minimum absolute atomic E-state index is 0.617. The maximum Gasteiger partial charge on any atom is 0.187 e. The molecule has 0 spiro atoms. The van der Waals surface area contributed by atoms with Crippen molar-refractivity contribution in [1.82, 2.24) is 0 Å². The zero-order chi connectivity index (χ0) is 12.1. The molecule has 0 saturated heterocycles. The van der Waals surface area contributed by atoms with E-state index >= 15 is 0 Å². The maximum absolute atomic E-state index is 10.5. The van der Waals surface area contributed by atoms with E-state index in [2.05, 4.69) is 10.2 Å². The molecule has 3 heteroatoms. The third-order valence-corrected chi connectivity index (χ3v) is 2.33. The van der Waals surface area contributed by atoms with Crippen molar-refractivity contribution in [1.29, 1.82) is 0 Å². The first kappa shape index (κ1) is 10.9. The van der Waals surface area contributed by atoms with Gasteiger partial charge >= 0.3 is 0 Å². The normalized spacial score (nSPS) is 9.35. The molecule has 0 fully saturated rings. The lowest BCUT2D eigenvalue weighted by atomic mass is 10.2. The highest BCUT2D eigenvalue weighted by Gasteiger charge is 1.96. The maximum atomic E-state index is 10.5. The summed E-state index contributed by atoms with van der Waals surface area (Å²) in [6.07, 6.45) is 0.814. The van der Waals surface area contributed by atoms with Crippen LogP contribution in [0.1, 0.15) is 10.4 Å². The van der Waals surface area contributed by atoms with Crippen LogP contribution in [0.15, 0.2) is 48.5 Å². The first-order chi connectivity index (χ1) is 8.31. The highest BCUT2D eigenvalue weighted by atomic mass is 16.1. The van der Waals surface area contributed by atoms with E-state index in [0.717, 1.165) is 17.7 Å². The predicted molar refractivity (Wildman–Crippen MR) is 67.8 cm³/mol. The van der Waals surface area contributed by atoms with Crippen LogP contribution in [0.25, 0.3) is 4.85 Å². The standard InChI is InChI=1S/C14H10N2O/c1-15-12-6-8-14(9-7-12)16-13-4-2-11(10-17)3-5-13/h2-10,16H. The fraction of sp³-hybridized carbons (Fsp3) is 0. The van der Waals surface area contributed by atoms with Gasteiger partial charge in [-0.3, -0.25) is 4.79 Å². The van der Waals surface area contributed by atoms with Gasteiger partial charge < -0.3 is 5.32 Å². The summed E-state index contributed by atoms with van der Waals surface area (Å²) in [5.74, 6) is 0. The Morgan fingerprint density at radius 2 is 1.47 bits per heavy atom. The SMILES string of the molecule is [C-]#[N+]c1ccc(Nc2ccc(C=O)cc2)cc1. The molecule has 0 heterocycles. The summed E-state index contributed by atoms with van der Waals surface area (Å²) >= 11 is 0. The molecule has 2 aromatic rings. The van der Waals surface area contributed by atoms with Crippen molar-refractivity contribution in [2.24, 2.45) is 0 Å². The van der Waals surface area contributed by atoms with Crippen molar-refractivity contribution in [3.05, 3.63) is 65.5 Å². The molecule has 0 saturated carbocycles. The van der Waals surface area contributed by atoms with Gasteiger partial charge in [0.2, 0.25) is 0 Å². The van der Waals surface area contributed by atoms with Crippen LogP contribution in [0, 0.1) is 6.57 Å². The van der Waals surface area contributed by atoms with Gasteiger partial charge in [0.25, 0.3) is 0 Å². The quantitative estimate of drug-likeness (QED) is 0.633. The van der Waals surface area contributed by atoms with Crippen LogP contribution in [0.5, 0.6) is 0 Å². The summed E-state index contributed by atoms with van der Waals surface area (Å²) in [7, 11) is 0. The Morgan fingerprint density at radius 1 is 0.941 bits per heavy atom. The summed E-state index contributed by atoms with van der Waals surface area (Å²) in [6, 6.07) is 14.4. The molecule has 82 valence electrons. The number of benzene rings is 2. The van der Waals surface area contributed by atoms with E-state index in [9.17, 15) is 4.79 Å². The summed E-state index contributed by atoms with van der Waals surface area (Å²) < 4.78 is 0. The molecule has 0 aromatic heterocycles. The van der Waals surface area contributed by atoms with Gasteiger partial charge in [-0.1, -0.05) is 12.1 Å².